The van der Waals surface area contributed by atoms with E-state index in [1.807, 2.05) is 6.08 Å². The number of alkyl halides is 3. The molecule has 1 aliphatic rings. The Balaban J connectivity index is 0.00000180. The van der Waals surface area contributed by atoms with E-state index in [1.165, 1.54) is 12.1 Å². The Kier molecular flexibility index (Phi) is 5.88. The Morgan fingerprint density at radius 1 is 1.05 bits per heavy atom. The average Bonchev–Trinajstić information content (AvgIpc) is 2.37. The molecule has 1 heterocycles. The van der Waals surface area contributed by atoms with Gasteiger partial charge >= 0.3 is 6.18 Å². The summed E-state index contributed by atoms with van der Waals surface area (Å²) in [7, 11) is 0. The molecule has 2 rings (SSSR count). The van der Waals surface area contributed by atoms with Crippen molar-refractivity contribution in [1.82, 2.24) is 5.32 Å². The van der Waals surface area contributed by atoms with Gasteiger partial charge in [-0.3, -0.25) is 0 Å². The van der Waals surface area contributed by atoms with Crippen molar-refractivity contribution in [3.8, 4) is 0 Å². The van der Waals surface area contributed by atoms with Crippen LogP contribution < -0.4 is 5.32 Å². The molecule has 0 unspecified atom stereocenters. The molecular weight excluding hydrogens is 275 g/mol. The van der Waals surface area contributed by atoms with Crippen LogP contribution in [0.2, 0.25) is 0 Å². The van der Waals surface area contributed by atoms with Gasteiger partial charge in [-0.05, 0) is 49.5 Å². The van der Waals surface area contributed by atoms with E-state index in [1.54, 1.807) is 0 Å². The fraction of sp³-hybridized carbons (Fsp3) is 0.429. The topological polar surface area (TPSA) is 12.0 Å². The number of allylic oxidation sites excluding steroid dienone is 1. The van der Waals surface area contributed by atoms with Gasteiger partial charge in [0.15, 0.2) is 0 Å². The maximum atomic E-state index is 12.4. The molecule has 0 atom stereocenters. The van der Waals surface area contributed by atoms with Crippen LogP contribution in [0.15, 0.2) is 30.3 Å². The number of hydrogen-bond acceptors (Lipinski definition) is 1. The van der Waals surface area contributed by atoms with Crippen LogP contribution in [-0.2, 0) is 6.18 Å². The first-order valence-electron chi connectivity index (χ1n) is 6.12. The summed E-state index contributed by atoms with van der Waals surface area (Å²) < 4.78 is 37.1. The number of benzene rings is 1. The summed E-state index contributed by atoms with van der Waals surface area (Å²) in [5, 5.41) is 3.28. The van der Waals surface area contributed by atoms with Gasteiger partial charge < -0.3 is 5.32 Å². The van der Waals surface area contributed by atoms with Crippen LogP contribution >= 0.6 is 12.4 Å². The summed E-state index contributed by atoms with van der Waals surface area (Å²) in [6, 6.07) is 5.28. The zero-order chi connectivity index (χ0) is 13.0. The van der Waals surface area contributed by atoms with Gasteiger partial charge in [-0.25, -0.2) is 0 Å². The average molecular weight is 292 g/mol. The fourth-order valence-electron chi connectivity index (χ4n) is 2.07. The second-order valence-electron chi connectivity index (χ2n) is 4.57. The maximum Gasteiger partial charge on any atom is 0.416 e. The van der Waals surface area contributed by atoms with E-state index in [0.717, 1.165) is 43.6 Å². The predicted molar refractivity (Wildman–Crippen MR) is 73.3 cm³/mol. The van der Waals surface area contributed by atoms with E-state index < -0.39 is 11.7 Å². The Labute approximate surface area is 117 Å². The number of rotatable bonds is 2. The standard InChI is InChI=1S/C14H16F3N.ClH/c15-14(16,17)13-5-3-11(4-6-13)1-2-12-7-9-18-10-8-12;/h1-6,12,18H,7-10H2;1H/b2-1+;. The molecule has 0 spiro atoms. The molecule has 1 N–H and O–H groups in total. The first kappa shape index (κ1) is 16.1. The lowest BCUT2D eigenvalue weighted by molar-refractivity contribution is -0.137. The third kappa shape index (κ3) is 4.88. The molecule has 1 aliphatic heterocycles. The molecule has 0 bridgehead atoms. The SMILES string of the molecule is Cl.FC(F)(F)c1ccc(/C=C/C2CCNCC2)cc1. The van der Waals surface area contributed by atoms with Crippen LogP contribution in [0, 0.1) is 5.92 Å². The highest BCUT2D eigenvalue weighted by atomic mass is 35.5. The van der Waals surface area contributed by atoms with Crippen LogP contribution in [0.4, 0.5) is 13.2 Å². The highest BCUT2D eigenvalue weighted by molar-refractivity contribution is 5.85. The van der Waals surface area contributed by atoms with E-state index in [-0.39, 0.29) is 12.4 Å². The zero-order valence-electron chi connectivity index (χ0n) is 10.4. The van der Waals surface area contributed by atoms with Crippen LogP contribution in [-0.4, -0.2) is 13.1 Å². The zero-order valence-corrected chi connectivity index (χ0v) is 11.2. The Hall–Kier alpha value is -1.00. The van der Waals surface area contributed by atoms with Crippen LogP contribution in [0.3, 0.4) is 0 Å². The van der Waals surface area contributed by atoms with Crippen molar-refractivity contribution in [3.05, 3.63) is 41.5 Å². The molecule has 19 heavy (non-hydrogen) atoms. The Bertz CT molecular complexity index is 406. The summed E-state index contributed by atoms with van der Waals surface area (Å²) in [5.41, 5.74) is 0.225. The van der Waals surface area contributed by atoms with E-state index in [4.69, 9.17) is 0 Å². The highest BCUT2D eigenvalue weighted by Crippen LogP contribution is 2.29. The minimum absolute atomic E-state index is 0. The summed E-state index contributed by atoms with van der Waals surface area (Å²) >= 11 is 0. The van der Waals surface area contributed by atoms with E-state index in [2.05, 4.69) is 11.4 Å². The Morgan fingerprint density at radius 2 is 1.63 bits per heavy atom. The number of hydrogen-bond donors (Lipinski definition) is 1. The van der Waals surface area contributed by atoms with Gasteiger partial charge in [0.05, 0.1) is 5.56 Å². The monoisotopic (exact) mass is 291 g/mol. The van der Waals surface area contributed by atoms with Crippen LogP contribution in [0.25, 0.3) is 6.08 Å². The van der Waals surface area contributed by atoms with Crippen LogP contribution in [0.1, 0.15) is 24.0 Å². The normalized spacial score (nSPS) is 17.4. The number of halogens is 4. The molecule has 106 valence electrons. The summed E-state index contributed by atoms with van der Waals surface area (Å²) in [5.74, 6) is 0.536. The quantitative estimate of drug-likeness (QED) is 0.863. The lowest BCUT2D eigenvalue weighted by Crippen LogP contribution is -2.26. The first-order valence-corrected chi connectivity index (χ1v) is 6.12. The molecule has 1 aromatic carbocycles. The van der Waals surface area contributed by atoms with Gasteiger partial charge in [0.1, 0.15) is 0 Å². The largest absolute Gasteiger partial charge is 0.416 e. The number of piperidine rings is 1. The van der Waals surface area contributed by atoms with Gasteiger partial charge in [0.2, 0.25) is 0 Å². The van der Waals surface area contributed by atoms with Crippen molar-refractivity contribution < 1.29 is 13.2 Å². The minimum atomic E-state index is -4.25. The third-order valence-corrected chi connectivity index (χ3v) is 3.18. The molecule has 1 nitrogen and oxygen atoms in total. The third-order valence-electron chi connectivity index (χ3n) is 3.18. The summed E-state index contributed by atoms with van der Waals surface area (Å²) in [6.07, 6.45) is 1.95. The van der Waals surface area contributed by atoms with Crippen molar-refractivity contribution in [1.29, 1.82) is 0 Å². The van der Waals surface area contributed by atoms with Gasteiger partial charge in [0.25, 0.3) is 0 Å². The molecule has 1 saturated heterocycles. The molecule has 0 radical (unpaired) electrons. The van der Waals surface area contributed by atoms with Gasteiger partial charge in [-0.15, -0.1) is 12.4 Å². The summed E-state index contributed by atoms with van der Waals surface area (Å²) in [4.78, 5) is 0. The second-order valence-corrected chi connectivity index (χ2v) is 4.57. The summed E-state index contributed by atoms with van der Waals surface area (Å²) in [6.45, 7) is 2.03. The molecule has 5 heteroatoms. The smallest absolute Gasteiger partial charge is 0.317 e. The van der Waals surface area contributed by atoms with Crippen molar-refractivity contribution >= 4 is 18.5 Å². The molecule has 0 saturated carbocycles. The van der Waals surface area contributed by atoms with E-state index in [0.29, 0.717) is 5.92 Å². The Morgan fingerprint density at radius 3 is 2.16 bits per heavy atom. The highest BCUT2D eigenvalue weighted by Gasteiger charge is 2.29. The van der Waals surface area contributed by atoms with Crippen molar-refractivity contribution in [2.75, 3.05) is 13.1 Å². The lowest BCUT2D eigenvalue weighted by atomic mass is 9.97. The fourth-order valence-corrected chi connectivity index (χ4v) is 2.07. The molecule has 1 aromatic rings. The first-order chi connectivity index (χ1) is 8.55. The van der Waals surface area contributed by atoms with Crippen LogP contribution in [0.5, 0.6) is 0 Å². The van der Waals surface area contributed by atoms with Crippen molar-refractivity contribution in [2.45, 2.75) is 19.0 Å². The predicted octanol–water partition coefficient (Wildman–Crippen LogP) is 4.14. The second kappa shape index (κ2) is 6.96. The van der Waals surface area contributed by atoms with Gasteiger partial charge in [-0.2, -0.15) is 13.2 Å². The van der Waals surface area contributed by atoms with Crippen molar-refractivity contribution in [3.63, 3.8) is 0 Å². The minimum Gasteiger partial charge on any atom is -0.317 e. The van der Waals surface area contributed by atoms with E-state index in [9.17, 15) is 13.2 Å². The molecule has 0 aromatic heterocycles. The van der Waals surface area contributed by atoms with Gasteiger partial charge in [0, 0.05) is 0 Å². The molecular formula is C14H17ClF3N. The maximum absolute atomic E-state index is 12.4. The van der Waals surface area contributed by atoms with Crippen molar-refractivity contribution in [2.24, 2.45) is 5.92 Å². The lowest BCUT2D eigenvalue weighted by Gasteiger charge is -2.19. The molecule has 0 aliphatic carbocycles. The molecule has 0 amide bonds. The number of nitrogens with one attached hydrogen (secondary N) is 1. The van der Waals surface area contributed by atoms with E-state index >= 15 is 0 Å². The molecule has 1 fully saturated rings. The van der Waals surface area contributed by atoms with Gasteiger partial charge in [-0.1, -0.05) is 24.3 Å².